The minimum Gasteiger partial charge on any atom is -0.326 e. The molecule has 1 heterocycles. The zero-order valence-corrected chi connectivity index (χ0v) is 17.1. The molecule has 0 spiro atoms. The number of para-hydroxylation sites is 1. The van der Waals surface area contributed by atoms with E-state index in [-0.39, 0.29) is 0 Å². The smallest absolute Gasteiger partial charge is 0.0784 e. The van der Waals surface area contributed by atoms with Crippen LogP contribution in [0.15, 0.2) is 92.5 Å². The minimum absolute atomic E-state index is 0.570. The molecule has 0 saturated heterocycles. The third-order valence-electron chi connectivity index (χ3n) is 4.27. The number of nitrogens with zero attached hydrogens (tertiary/aromatic N) is 1. The Morgan fingerprint density at radius 3 is 2.52 bits per heavy atom. The molecule has 0 amide bonds. The van der Waals surface area contributed by atoms with Crippen molar-refractivity contribution in [3.63, 3.8) is 0 Å². The van der Waals surface area contributed by atoms with Gasteiger partial charge in [0, 0.05) is 31.6 Å². The van der Waals surface area contributed by atoms with Crippen LogP contribution in [-0.4, -0.2) is 5.71 Å². The highest BCUT2D eigenvalue weighted by molar-refractivity contribution is 8.00. The van der Waals surface area contributed by atoms with E-state index in [1.807, 2.05) is 30.0 Å². The molecule has 2 nitrogen and oxygen atoms in total. The molecule has 0 fully saturated rings. The standard InChI is InChI=1S/C23H22N2S2/c1-16(2)14-20-19-10-6-7-11-22(19)26-23-13-12-18(15-21(23)24-20)27-25-17-8-4-3-5-9-17/h3-13,15-16,25H,14H2,1-2H3. The predicted molar refractivity (Wildman–Crippen MR) is 119 cm³/mol. The molecule has 3 aromatic rings. The van der Waals surface area contributed by atoms with Crippen LogP contribution >= 0.6 is 23.7 Å². The quantitative estimate of drug-likeness (QED) is 0.458. The number of hydrogen-bond acceptors (Lipinski definition) is 4. The minimum atomic E-state index is 0.570. The largest absolute Gasteiger partial charge is 0.326 e. The van der Waals surface area contributed by atoms with E-state index in [2.05, 4.69) is 73.2 Å². The van der Waals surface area contributed by atoms with Crippen LogP contribution in [0.1, 0.15) is 25.8 Å². The summed E-state index contributed by atoms with van der Waals surface area (Å²) in [6, 6.07) is 25.4. The van der Waals surface area contributed by atoms with Crippen molar-refractivity contribution < 1.29 is 0 Å². The lowest BCUT2D eigenvalue weighted by atomic mass is 10.00. The number of benzene rings is 3. The van der Waals surface area contributed by atoms with Crippen molar-refractivity contribution in [2.24, 2.45) is 10.9 Å². The molecule has 27 heavy (non-hydrogen) atoms. The fourth-order valence-corrected chi connectivity index (χ4v) is 4.72. The fourth-order valence-electron chi connectivity index (χ4n) is 3.02. The molecule has 1 N–H and O–H groups in total. The van der Waals surface area contributed by atoms with E-state index in [0.717, 1.165) is 22.7 Å². The Labute approximate surface area is 169 Å². The highest BCUT2D eigenvalue weighted by Gasteiger charge is 2.18. The summed E-state index contributed by atoms with van der Waals surface area (Å²) in [6.07, 6.45) is 0.983. The topological polar surface area (TPSA) is 24.4 Å². The molecule has 4 rings (SSSR count). The SMILES string of the molecule is CC(C)CC1=Nc2cc(SNc3ccccc3)ccc2Sc2ccccc21. The molecular formula is C23H22N2S2. The van der Waals surface area contributed by atoms with Gasteiger partial charge in [-0.05, 0) is 60.7 Å². The Morgan fingerprint density at radius 2 is 1.70 bits per heavy atom. The van der Waals surface area contributed by atoms with E-state index in [1.54, 1.807) is 11.9 Å². The Bertz CT molecular complexity index is 965. The Morgan fingerprint density at radius 1 is 0.926 bits per heavy atom. The summed E-state index contributed by atoms with van der Waals surface area (Å²) < 4.78 is 3.41. The van der Waals surface area contributed by atoms with Crippen LogP contribution in [0.4, 0.5) is 11.4 Å². The van der Waals surface area contributed by atoms with Crippen molar-refractivity contribution in [3.05, 3.63) is 78.4 Å². The molecule has 1 aliphatic heterocycles. The van der Waals surface area contributed by atoms with Gasteiger partial charge in [-0.3, -0.25) is 4.99 Å². The van der Waals surface area contributed by atoms with Crippen molar-refractivity contribution in [2.45, 2.75) is 35.0 Å². The summed E-state index contributed by atoms with van der Waals surface area (Å²) in [5, 5.41) is 0. The lowest BCUT2D eigenvalue weighted by Crippen LogP contribution is -2.05. The molecule has 0 bridgehead atoms. The van der Waals surface area contributed by atoms with E-state index >= 15 is 0 Å². The third-order valence-corrected chi connectivity index (χ3v) is 6.23. The highest BCUT2D eigenvalue weighted by atomic mass is 32.2. The summed E-state index contributed by atoms with van der Waals surface area (Å²) in [5.41, 5.74) is 4.61. The van der Waals surface area contributed by atoms with Gasteiger partial charge in [-0.25, -0.2) is 0 Å². The molecule has 0 atom stereocenters. The van der Waals surface area contributed by atoms with Gasteiger partial charge >= 0.3 is 0 Å². The van der Waals surface area contributed by atoms with Gasteiger partial charge in [-0.1, -0.05) is 62.0 Å². The number of hydrogen-bond donors (Lipinski definition) is 1. The number of nitrogens with one attached hydrogen (secondary N) is 1. The molecule has 136 valence electrons. The van der Waals surface area contributed by atoms with Crippen molar-refractivity contribution in [3.8, 4) is 0 Å². The Hall–Kier alpha value is -2.17. The first-order valence-corrected chi connectivity index (χ1v) is 10.8. The van der Waals surface area contributed by atoms with Crippen LogP contribution in [0.2, 0.25) is 0 Å². The third kappa shape index (κ3) is 4.40. The number of aliphatic imine (C=N–C) groups is 1. The van der Waals surface area contributed by atoms with Crippen molar-refractivity contribution >= 4 is 40.8 Å². The monoisotopic (exact) mass is 390 g/mol. The second-order valence-electron chi connectivity index (χ2n) is 6.95. The second kappa shape index (κ2) is 8.24. The maximum Gasteiger partial charge on any atom is 0.0784 e. The van der Waals surface area contributed by atoms with Gasteiger partial charge in [-0.2, -0.15) is 0 Å². The van der Waals surface area contributed by atoms with E-state index < -0.39 is 0 Å². The first-order chi connectivity index (χ1) is 13.2. The number of anilines is 1. The normalized spacial score (nSPS) is 12.8. The highest BCUT2D eigenvalue weighted by Crippen LogP contribution is 2.42. The van der Waals surface area contributed by atoms with Crippen LogP contribution in [-0.2, 0) is 0 Å². The summed E-state index contributed by atoms with van der Waals surface area (Å²) in [7, 11) is 0. The zero-order chi connectivity index (χ0) is 18.6. The summed E-state index contributed by atoms with van der Waals surface area (Å²) in [5.74, 6) is 0.570. The maximum absolute atomic E-state index is 5.09. The second-order valence-corrected chi connectivity index (χ2v) is 8.92. The predicted octanol–water partition coefficient (Wildman–Crippen LogP) is 7.44. The van der Waals surface area contributed by atoms with Gasteiger partial charge in [0.1, 0.15) is 0 Å². The Kier molecular flexibility index (Phi) is 5.55. The lowest BCUT2D eigenvalue weighted by Gasteiger charge is -2.10. The maximum atomic E-state index is 5.09. The molecule has 4 heteroatoms. The van der Waals surface area contributed by atoms with Gasteiger partial charge in [0.05, 0.1) is 5.69 Å². The molecule has 0 unspecified atom stereocenters. The summed E-state index contributed by atoms with van der Waals surface area (Å²) in [4.78, 5) is 8.76. The summed E-state index contributed by atoms with van der Waals surface area (Å²) >= 11 is 3.44. The lowest BCUT2D eigenvalue weighted by molar-refractivity contribution is 0.684. The van der Waals surface area contributed by atoms with Crippen molar-refractivity contribution in [1.82, 2.24) is 0 Å². The molecular weight excluding hydrogens is 368 g/mol. The van der Waals surface area contributed by atoms with Gasteiger partial charge < -0.3 is 4.72 Å². The first-order valence-electron chi connectivity index (χ1n) is 9.16. The number of fused-ring (bicyclic) bond motifs is 2. The molecule has 1 aliphatic rings. The molecule has 0 aliphatic carbocycles. The van der Waals surface area contributed by atoms with Crippen molar-refractivity contribution in [2.75, 3.05) is 4.72 Å². The average molecular weight is 391 g/mol. The van der Waals surface area contributed by atoms with E-state index in [0.29, 0.717) is 5.92 Å². The van der Waals surface area contributed by atoms with Crippen LogP contribution in [0.25, 0.3) is 0 Å². The van der Waals surface area contributed by atoms with Crippen LogP contribution in [0.3, 0.4) is 0 Å². The van der Waals surface area contributed by atoms with Gasteiger partial charge in [-0.15, -0.1) is 0 Å². The van der Waals surface area contributed by atoms with Gasteiger partial charge in [0.25, 0.3) is 0 Å². The molecule has 0 radical (unpaired) electrons. The molecule has 0 saturated carbocycles. The first kappa shape index (κ1) is 18.2. The molecule has 0 aromatic heterocycles. The van der Waals surface area contributed by atoms with E-state index in [9.17, 15) is 0 Å². The zero-order valence-electron chi connectivity index (χ0n) is 15.5. The Balaban J connectivity index is 1.65. The van der Waals surface area contributed by atoms with Crippen LogP contribution < -0.4 is 4.72 Å². The van der Waals surface area contributed by atoms with Gasteiger partial charge in [0.15, 0.2) is 0 Å². The van der Waals surface area contributed by atoms with Crippen molar-refractivity contribution in [1.29, 1.82) is 0 Å². The van der Waals surface area contributed by atoms with Gasteiger partial charge in [0.2, 0.25) is 0 Å². The molecule has 3 aromatic carbocycles. The fraction of sp³-hybridized carbons (Fsp3) is 0.174. The average Bonchev–Trinajstić information content (AvgIpc) is 2.83. The number of rotatable bonds is 5. The van der Waals surface area contributed by atoms with E-state index in [4.69, 9.17) is 4.99 Å². The summed E-state index contributed by atoms with van der Waals surface area (Å²) in [6.45, 7) is 4.50. The van der Waals surface area contributed by atoms with Crippen LogP contribution in [0.5, 0.6) is 0 Å². The van der Waals surface area contributed by atoms with E-state index in [1.165, 1.54) is 21.1 Å². The van der Waals surface area contributed by atoms with Crippen LogP contribution in [0, 0.1) is 5.92 Å².